The van der Waals surface area contributed by atoms with Crippen LogP contribution in [0.15, 0.2) is 11.8 Å². The summed E-state index contributed by atoms with van der Waals surface area (Å²) >= 11 is 0. The molecule has 0 radical (unpaired) electrons. The lowest BCUT2D eigenvalue weighted by atomic mass is 10.2. The third-order valence-electron chi connectivity index (χ3n) is 2.51. The highest BCUT2D eigenvalue weighted by atomic mass is 15.3. The summed E-state index contributed by atoms with van der Waals surface area (Å²) in [6.45, 7) is 8.89. The van der Waals surface area contributed by atoms with Gasteiger partial charge in [-0.15, -0.1) is 0 Å². The van der Waals surface area contributed by atoms with E-state index in [0.29, 0.717) is 6.17 Å². The van der Waals surface area contributed by atoms with Gasteiger partial charge in [0, 0.05) is 19.3 Å². The molecule has 1 rings (SSSR count). The van der Waals surface area contributed by atoms with Crippen molar-refractivity contribution in [2.75, 3.05) is 20.1 Å². The average Bonchev–Trinajstić information content (AvgIpc) is 2.03. The summed E-state index contributed by atoms with van der Waals surface area (Å²) in [5.41, 5.74) is 1.46. The number of hydrogen-bond acceptors (Lipinski definition) is 2. The molecule has 0 N–H and O–H groups in total. The molecule has 0 spiro atoms. The highest BCUT2D eigenvalue weighted by molar-refractivity contribution is 5.05. The molecule has 12 heavy (non-hydrogen) atoms. The molecular formula is C10H20N2. The highest BCUT2D eigenvalue weighted by Gasteiger charge is 2.21. The molecule has 0 aromatic carbocycles. The molecule has 1 aliphatic heterocycles. The zero-order valence-corrected chi connectivity index (χ0v) is 8.67. The average molecular weight is 168 g/mol. The van der Waals surface area contributed by atoms with Crippen molar-refractivity contribution < 1.29 is 0 Å². The summed E-state index contributed by atoms with van der Waals surface area (Å²) in [4.78, 5) is 4.83. The van der Waals surface area contributed by atoms with Gasteiger partial charge in [-0.2, -0.15) is 0 Å². The van der Waals surface area contributed by atoms with Crippen LogP contribution in [-0.2, 0) is 0 Å². The van der Waals surface area contributed by atoms with Gasteiger partial charge in [-0.1, -0.05) is 6.92 Å². The first-order valence-corrected chi connectivity index (χ1v) is 4.82. The molecule has 70 valence electrons. The number of hydrogen-bond donors (Lipinski definition) is 0. The van der Waals surface area contributed by atoms with Crippen LogP contribution in [0, 0.1) is 0 Å². The molecule has 1 atom stereocenters. The van der Waals surface area contributed by atoms with E-state index in [-0.39, 0.29) is 0 Å². The lowest BCUT2D eigenvalue weighted by Crippen LogP contribution is -2.47. The van der Waals surface area contributed by atoms with E-state index in [1.807, 2.05) is 0 Å². The van der Waals surface area contributed by atoms with Crippen molar-refractivity contribution in [1.82, 2.24) is 9.80 Å². The van der Waals surface area contributed by atoms with Crippen LogP contribution in [0.25, 0.3) is 0 Å². The van der Waals surface area contributed by atoms with Gasteiger partial charge in [0.2, 0.25) is 0 Å². The second kappa shape index (κ2) is 3.94. The molecule has 1 aliphatic rings. The molecular weight excluding hydrogens is 148 g/mol. The topological polar surface area (TPSA) is 6.48 Å². The van der Waals surface area contributed by atoms with Gasteiger partial charge in [-0.25, -0.2) is 0 Å². The van der Waals surface area contributed by atoms with Crippen LogP contribution in [-0.4, -0.2) is 36.1 Å². The maximum absolute atomic E-state index is 2.42. The Morgan fingerprint density at radius 2 is 2.17 bits per heavy atom. The number of nitrogens with zero attached hydrogens (tertiary/aromatic N) is 2. The monoisotopic (exact) mass is 168 g/mol. The van der Waals surface area contributed by atoms with E-state index in [4.69, 9.17) is 0 Å². The molecule has 0 saturated heterocycles. The first-order valence-electron chi connectivity index (χ1n) is 4.82. The Kier molecular flexibility index (Phi) is 3.15. The van der Waals surface area contributed by atoms with Gasteiger partial charge in [0.15, 0.2) is 0 Å². The van der Waals surface area contributed by atoms with Crippen molar-refractivity contribution in [3.63, 3.8) is 0 Å². The maximum Gasteiger partial charge on any atom is 0.0812 e. The molecule has 2 heteroatoms. The van der Waals surface area contributed by atoms with Gasteiger partial charge in [0.1, 0.15) is 0 Å². The minimum Gasteiger partial charge on any atom is -0.362 e. The van der Waals surface area contributed by atoms with Crippen LogP contribution < -0.4 is 0 Å². The second-order valence-corrected chi connectivity index (χ2v) is 3.61. The quantitative estimate of drug-likeness (QED) is 0.621. The number of rotatable bonds is 2. The first-order chi connectivity index (χ1) is 5.69. The Bertz CT molecular complexity index is 175. The minimum atomic E-state index is 0.610. The van der Waals surface area contributed by atoms with Crippen molar-refractivity contribution in [2.24, 2.45) is 0 Å². The van der Waals surface area contributed by atoms with Crippen LogP contribution >= 0.6 is 0 Å². The Balaban J connectivity index is 2.72. The minimum absolute atomic E-state index is 0.610. The molecule has 0 bridgehead atoms. The van der Waals surface area contributed by atoms with Gasteiger partial charge in [0.25, 0.3) is 0 Å². The van der Waals surface area contributed by atoms with Gasteiger partial charge in [0.05, 0.1) is 6.17 Å². The van der Waals surface area contributed by atoms with Crippen molar-refractivity contribution in [1.29, 1.82) is 0 Å². The lowest BCUT2D eigenvalue weighted by molar-refractivity contribution is 0.0922. The van der Waals surface area contributed by atoms with Crippen LogP contribution in [0.2, 0.25) is 0 Å². The molecule has 1 unspecified atom stereocenters. The molecule has 0 fully saturated rings. The van der Waals surface area contributed by atoms with Crippen molar-refractivity contribution in [3.05, 3.63) is 11.8 Å². The predicted molar refractivity (Wildman–Crippen MR) is 52.8 cm³/mol. The summed E-state index contributed by atoms with van der Waals surface area (Å²) in [5.74, 6) is 0. The van der Waals surface area contributed by atoms with Crippen molar-refractivity contribution in [2.45, 2.75) is 33.4 Å². The normalized spacial score (nSPS) is 25.8. The smallest absolute Gasteiger partial charge is 0.0812 e. The fourth-order valence-corrected chi connectivity index (χ4v) is 2.01. The summed E-state index contributed by atoms with van der Waals surface area (Å²) in [6, 6.07) is 0. The van der Waals surface area contributed by atoms with E-state index < -0.39 is 0 Å². The second-order valence-electron chi connectivity index (χ2n) is 3.61. The third-order valence-corrected chi connectivity index (χ3v) is 2.51. The SMILES string of the molecule is CCC1N(C)CC(C)=CN1CC. The predicted octanol–water partition coefficient (Wildman–Crippen LogP) is 1.89. The Labute approximate surface area is 75.8 Å². The van der Waals surface area contributed by atoms with E-state index in [1.165, 1.54) is 12.0 Å². The van der Waals surface area contributed by atoms with Gasteiger partial charge in [-0.05, 0) is 32.9 Å². The standard InChI is InChI=1S/C10H20N2/c1-5-10-11(4)7-9(3)8-12(10)6-2/h8,10H,5-7H2,1-4H3. The van der Waals surface area contributed by atoms with E-state index in [0.717, 1.165) is 13.1 Å². The fraction of sp³-hybridized carbons (Fsp3) is 0.800. The maximum atomic E-state index is 2.42. The summed E-state index contributed by atoms with van der Waals surface area (Å²) in [7, 11) is 2.20. The molecule has 0 aromatic rings. The Morgan fingerprint density at radius 3 is 2.67 bits per heavy atom. The molecule has 0 amide bonds. The van der Waals surface area contributed by atoms with Crippen LogP contribution in [0.1, 0.15) is 27.2 Å². The van der Waals surface area contributed by atoms with E-state index >= 15 is 0 Å². The summed E-state index contributed by atoms with van der Waals surface area (Å²) in [6.07, 6.45) is 4.11. The van der Waals surface area contributed by atoms with Crippen LogP contribution in [0.3, 0.4) is 0 Å². The molecule has 0 aromatic heterocycles. The summed E-state index contributed by atoms with van der Waals surface area (Å²) in [5, 5.41) is 0. The Hall–Kier alpha value is -0.500. The summed E-state index contributed by atoms with van der Waals surface area (Å²) < 4.78 is 0. The van der Waals surface area contributed by atoms with Crippen molar-refractivity contribution in [3.8, 4) is 0 Å². The van der Waals surface area contributed by atoms with Gasteiger partial charge in [-0.3, -0.25) is 4.90 Å². The molecule has 0 saturated carbocycles. The van der Waals surface area contributed by atoms with E-state index in [1.54, 1.807) is 0 Å². The zero-order valence-electron chi connectivity index (χ0n) is 8.67. The fourth-order valence-electron chi connectivity index (χ4n) is 2.01. The van der Waals surface area contributed by atoms with Crippen LogP contribution in [0.4, 0.5) is 0 Å². The largest absolute Gasteiger partial charge is 0.362 e. The van der Waals surface area contributed by atoms with Crippen LogP contribution in [0.5, 0.6) is 0 Å². The molecule has 1 heterocycles. The van der Waals surface area contributed by atoms with Crippen molar-refractivity contribution >= 4 is 0 Å². The number of likely N-dealkylation sites (N-methyl/N-ethyl adjacent to an activating group) is 1. The molecule has 2 nitrogen and oxygen atoms in total. The lowest BCUT2D eigenvalue weighted by Gasteiger charge is -2.40. The Morgan fingerprint density at radius 1 is 1.50 bits per heavy atom. The van der Waals surface area contributed by atoms with E-state index in [9.17, 15) is 0 Å². The van der Waals surface area contributed by atoms with Gasteiger partial charge >= 0.3 is 0 Å². The van der Waals surface area contributed by atoms with Gasteiger partial charge < -0.3 is 4.90 Å². The third kappa shape index (κ3) is 1.81. The molecule has 0 aliphatic carbocycles. The highest BCUT2D eigenvalue weighted by Crippen LogP contribution is 2.17. The van der Waals surface area contributed by atoms with E-state index in [2.05, 4.69) is 43.8 Å². The zero-order chi connectivity index (χ0) is 9.14. The first kappa shape index (κ1) is 9.59.